The number of aromatic amines is 1. The third-order valence-corrected chi connectivity index (χ3v) is 4.80. The number of nitrogens with one attached hydrogen (secondary N) is 1. The average Bonchev–Trinajstić information content (AvgIpc) is 2.74. The zero-order chi connectivity index (χ0) is 13.4. The molecule has 1 aromatic carbocycles. The molecule has 1 amide bonds. The van der Waals surface area contributed by atoms with Crippen LogP contribution in [-0.2, 0) is 0 Å². The van der Waals surface area contributed by atoms with Gasteiger partial charge in [0.2, 0.25) is 0 Å². The highest BCUT2D eigenvalue weighted by molar-refractivity contribution is 7.99. The number of carbonyl (C=O) groups is 1. The maximum absolute atomic E-state index is 12.5. The van der Waals surface area contributed by atoms with Crippen molar-refractivity contribution < 1.29 is 4.79 Å². The lowest BCUT2D eigenvalue weighted by molar-refractivity contribution is 0.0772. The minimum atomic E-state index is 0.167. The number of H-pyrrole nitrogens is 1. The second-order valence-electron chi connectivity index (χ2n) is 5.04. The molecular formula is C15H18N2OS. The summed E-state index contributed by atoms with van der Waals surface area (Å²) in [4.78, 5) is 17.8. The summed E-state index contributed by atoms with van der Waals surface area (Å²) in [5.41, 5.74) is 4.33. The predicted molar refractivity (Wildman–Crippen MR) is 81.0 cm³/mol. The summed E-state index contributed by atoms with van der Waals surface area (Å²) < 4.78 is 0. The fourth-order valence-corrected chi connectivity index (χ4v) is 3.45. The quantitative estimate of drug-likeness (QED) is 0.868. The summed E-state index contributed by atoms with van der Waals surface area (Å²) in [6.45, 7) is 5.90. The van der Waals surface area contributed by atoms with E-state index >= 15 is 0 Å². The third kappa shape index (κ3) is 2.25. The van der Waals surface area contributed by atoms with Crippen LogP contribution in [0.15, 0.2) is 18.2 Å². The smallest absolute Gasteiger partial charge is 0.253 e. The summed E-state index contributed by atoms with van der Waals surface area (Å²) in [6, 6.07) is 5.97. The van der Waals surface area contributed by atoms with Gasteiger partial charge in [-0.2, -0.15) is 11.8 Å². The summed E-state index contributed by atoms with van der Waals surface area (Å²) in [5, 5.41) is 1.16. The highest BCUT2D eigenvalue weighted by Gasteiger charge is 2.19. The van der Waals surface area contributed by atoms with Crippen LogP contribution in [0.5, 0.6) is 0 Å². The monoisotopic (exact) mass is 274 g/mol. The van der Waals surface area contributed by atoms with Crippen LogP contribution in [0.2, 0.25) is 0 Å². The molecular weight excluding hydrogens is 256 g/mol. The van der Waals surface area contributed by atoms with Crippen LogP contribution in [0.3, 0.4) is 0 Å². The molecule has 1 fully saturated rings. The number of fused-ring (bicyclic) bond motifs is 1. The molecule has 1 aliphatic heterocycles. The number of thioether (sulfide) groups is 1. The standard InChI is InChI=1S/C15H18N2OS/c1-10-11(2)16-14-4-3-12(9-13(10)14)15(18)17-5-7-19-8-6-17/h3-4,9,16H,5-8H2,1-2H3. The summed E-state index contributed by atoms with van der Waals surface area (Å²) in [5.74, 6) is 2.27. The van der Waals surface area contributed by atoms with Crippen molar-refractivity contribution in [3.05, 3.63) is 35.0 Å². The first-order chi connectivity index (χ1) is 9.16. The van der Waals surface area contributed by atoms with Crippen LogP contribution >= 0.6 is 11.8 Å². The van der Waals surface area contributed by atoms with Gasteiger partial charge in [-0.1, -0.05) is 0 Å². The van der Waals surface area contributed by atoms with Gasteiger partial charge in [0.1, 0.15) is 0 Å². The minimum absolute atomic E-state index is 0.167. The molecule has 1 aliphatic rings. The Morgan fingerprint density at radius 2 is 2.00 bits per heavy atom. The predicted octanol–water partition coefficient (Wildman–Crippen LogP) is 2.97. The molecule has 100 valence electrons. The van der Waals surface area contributed by atoms with Gasteiger partial charge >= 0.3 is 0 Å². The van der Waals surface area contributed by atoms with Gasteiger partial charge in [-0.15, -0.1) is 0 Å². The van der Waals surface area contributed by atoms with Gasteiger partial charge in [-0.25, -0.2) is 0 Å². The lowest BCUT2D eigenvalue weighted by Gasteiger charge is -2.26. The van der Waals surface area contributed by atoms with Gasteiger partial charge in [0.25, 0.3) is 5.91 Å². The maximum atomic E-state index is 12.5. The first-order valence-corrected chi connectivity index (χ1v) is 7.78. The van der Waals surface area contributed by atoms with Gasteiger partial charge in [-0.3, -0.25) is 4.79 Å². The summed E-state index contributed by atoms with van der Waals surface area (Å²) >= 11 is 1.92. The van der Waals surface area contributed by atoms with Crippen LogP contribution in [0.1, 0.15) is 21.6 Å². The van der Waals surface area contributed by atoms with E-state index < -0.39 is 0 Å². The Labute approximate surface area is 117 Å². The van der Waals surface area contributed by atoms with E-state index in [1.54, 1.807) is 0 Å². The zero-order valence-corrected chi connectivity index (χ0v) is 12.1. The second kappa shape index (κ2) is 4.93. The molecule has 0 radical (unpaired) electrons. The van der Waals surface area contributed by atoms with Gasteiger partial charge in [-0.05, 0) is 37.6 Å². The van der Waals surface area contributed by atoms with Crippen LogP contribution < -0.4 is 0 Å². The third-order valence-electron chi connectivity index (χ3n) is 3.85. The number of rotatable bonds is 1. The number of aryl methyl sites for hydroxylation is 2. The molecule has 0 unspecified atom stereocenters. The topological polar surface area (TPSA) is 36.1 Å². The van der Waals surface area contributed by atoms with Crippen molar-refractivity contribution in [1.82, 2.24) is 9.88 Å². The number of aromatic nitrogens is 1. The number of benzene rings is 1. The maximum Gasteiger partial charge on any atom is 0.253 e. The normalized spacial score (nSPS) is 16.0. The molecule has 0 spiro atoms. The van der Waals surface area contributed by atoms with E-state index in [0.29, 0.717) is 0 Å². The summed E-state index contributed by atoms with van der Waals surface area (Å²) in [6.07, 6.45) is 0. The molecule has 0 saturated carbocycles. The van der Waals surface area contributed by atoms with Crippen LogP contribution in [0.4, 0.5) is 0 Å². The SMILES string of the molecule is Cc1[nH]c2ccc(C(=O)N3CCSCC3)cc2c1C. The zero-order valence-electron chi connectivity index (χ0n) is 11.3. The number of amides is 1. The molecule has 1 N–H and O–H groups in total. The van der Waals surface area contributed by atoms with E-state index in [4.69, 9.17) is 0 Å². The highest BCUT2D eigenvalue weighted by Crippen LogP contribution is 2.23. The van der Waals surface area contributed by atoms with Crippen molar-refractivity contribution in [2.45, 2.75) is 13.8 Å². The van der Waals surface area contributed by atoms with Gasteiger partial charge < -0.3 is 9.88 Å². The Morgan fingerprint density at radius 3 is 2.74 bits per heavy atom. The van der Waals surface area contributed by atoms with Crippen molar-refractivity contribution in [2.24, 2.45) is 0 Å². The molecule has 3 rings (SSSR count). The first kappa shape index (κ1) is 12.6. The Hall–Kier alpha value is -1.42. The summed E-state index contributed by atoms with van der Waals surface area (Å²) in [7, 11) is 0. The minimum Gasteiger partial charge on any atom is -0.358 e. The lowest BCUT2D eigenvalue weighted by Crippen LogP contribution is -2.37. The molecule has 0 atom stereocenters. The highest BCUT2D eigenvalue weighted by atomic mass is 32.2. The molecule has 4 heteroatoms. The van der Waals surface area contributed by atoms with Gasteiger partial charge in [0, 0.05) is 46.8 Å². The van der Waals surface area contributed by atoms with Crippen LogP contribution in [-0.4, -0.2) is 40.4 Å². The van der Waals surface area contributed by atoms with Crippen molar-refractivity contribution in [3.8, 4) is 0 Å². The van der Waals surface area contributed by atoms with E-state index in [9.17, 15) is 4.79 Å². The molecule has 0 bridgehead atoms. The lowest BCUT2D eigenvalue weighted by atomic mass is 10.1. The first-order valence-electron chi connectivity index (χ1n) is 6.63. The van der Waals surface area contributed by atoms with E-state index in [-0.39, 0.29) is 5.91 Å². The van der Waals surface area contributed by atoms with Crippen LogP contribution in [0, 0.1) is 13.8 Å². The fraction of sp³-hybridized carbons (Fsp3) is 0.400. The molecule has 1 saturated heterocycles. The molecule has 1 aromatic heterocycles. The fourth-order valence-electron chi connectivity index (χ4n) is 2.54. The van der Waals surface area contributed by atoms with E-state index in [0.717, 1.165) is 41.1 Å². The molecule has 2 heterocycles. The van der Waals surface area contributed by atoms with Gasteiger partial charge in [0.05, 0.1) is 0 Å². The van der Waals surface area contributed by atoms with Crippen LogP contribution in [0.25, 0.3) is 10.9 Å². The number of hydrogen-bond donors (Lipinski definition) is 1. The average molecular weight is 274 g/mol. The molecule has 3 nitrogen and oxygen atoms in total. The largest absolute Gasteiger partial charge is 0.358 e. The Bertz CT molecular complexity index is 626. The Kier molecular flexibility index (Phi) is 3.27. The van der Waals surface area contributed by atoms with Gasteiger partial charge in [0.15, 0.2) is 0 Å². The van der Waals surface area contributed by atoms with Crippen molar-refractivity contribution in [2.75, 3.05) is 24.6 Å². The van der Waals surface area contributed by atoms with Crippen molar-refractivity contribution >= 4 is 28.6 Å². The van der Waals surface area contributed by atoms with E-state index in [1.807, 2.05) is 34.9 Å². The van der Waals surface area contributed by atoms with E-state index in [2.05, 4.69) is 18.8 Å². The number of nitrogens with zero attached hydrogens (tertiary/aromatic N) is 1. The number of hydrogen-bond acceptors (Lipinski definition) is 2. The Morgan fingerprint density at radius 1 is 1.26 bits per heavy atom. The molecule has 0 aliphatic carbocycles. The molecule has 2 aromatic rings. The van der Waals surface area contributed by atoms with Crippen molar-refractivity contribution in [3.63, 3.8) is 0 Å². The second-order valence-corrected chi connectivity index (χ2v) is 6.26. The van der Waals surface area contributed by atoms with Crippen molar-refractivity contribution in [1.29, 1.82) is 0 Å². The number of carbonyl (C=O) groups excluding carboxylic acids is 1. The molecule has 19 heavy (non-hydrogen) atoms. The van der Waals surface area contributed by atoms with E-state index in [1.165, 1.54) is 11.3 Å². The Balaban J connectivity index is 1.96.